The highest BCUT2D eigenvalue weighted by Gasteiger charge is 2.35. The van der Waals surface area contributed by atoms with Crippen LogP contribution in [0.5, 0.6) is 0 Å². The lowest BCUT2D eigenvalue weighted by molar-refractivity contribution is -0.113. The summed E-state index contributed by atoms with van der Waals surface area (Å²) >= 11 is 0. The summed E-state index contributed by atoms with van der Waals surface area (Å²) in [5.41, 5.74) is 4.17. The maximum Gasteiger partial charge on any atom is 0.190 e. The van der Waals surface area contributed by atoms with Crippen molar-refractivity contribution < 1.29 is 9.59 Å². The van der Waals surface area contributed by atoms with E-state index in [2.05, 4.69) is 119 Å². The van der Waals surface area contributed by atoms with Gasteiger partial charge in [-0.15, -0.1) is 0 Å². The molecule has 2 nitrogen and oxygen atoms in total. The van der Waals surface area contributed by atoms with Crippen LogP contribution in [0.25, 0.3) is 23.3 Å². The first-order valence-corrected chi connectivity index (χ1v) is 13.8. The first-order valence-electron chi connectivity index (χ1n) is 13.8. The minimum atomic E-state index is -0.374. The van der Waals surface area contributed by atoms with E-state index in [4.69, 9.17) is 0 Å². The molecule has 0 bridgehead atoms. The predicted octanol–water partition coefficient (Wildman–Crippen LogP) is 5.40. The van der Waals surface area contributed by atoms with E-state index in [1.807, 2.05) is 12.2 Å². The van der Waals surface area contributed by atoms with E-state index in [-0.39, 0.29) is 33.2 Å². The molecule has 0 saturated heterocycles. The van der Waals surface area contributed by atoms with Crippen LogP contribution in [0.15, 0.2) is 47.5 Å². The minimum absolute atomic E-state index is 0.0260. The van der Waals surface area contributed by atoms with Gasteiger partial charge in [0.05, 0.1) is 0 Å². The van der Waals surface area contributed by atoms with Crippen molar-refractivity contribution >= 4 is 34.9 Å². The van der Waals surface area contributed by atoms with Crippen LogP contribution in [0.3, 0.4) is 0 Å². The summed E-state index contributed by atoms with van der Waals surface area (Å²) in [6, 6.07) is 12.9. The second-order valence-electron chi connectivity index (χ2n) is 15.1. The topological polar surface area (TPSA) is 34.1 Å². The number of rotatable bonds is 0. The van der Waals surface area contributed by atoms with Crippen LogP contribution in [0.2, 0.25) is 0 Å². The highest BCUT2D eigenvalue weighted by Crippen LogP contribution is 2.35. The van der Waals surface area contributed by atoms with Gasteiger partial charge in [-0.2, -0.15) is 0 Å². The van der Waals surface area contributed by atoms with E-state index in [0.717, 1.165) is 32.0 Å². The number of ketones is 2. The van der Waals surface area contributed by atoms with Crippen molar-refractivity contribution in [3.8, 4) is 0 Å². The first kappa shape index (κ1) is 28.0. The van der Waals surface area contributed by atoms with Crippen LogP contribution >= 0.6 is 0 Å². The quantitative estimate of drug-likeness (QED) is 0.447. The number of hydrogen-bond acceptors (Lipinski definition) is 2. The largest absolute Gasteiger partial charge is 0.289 e. The van der Waals surface area contributed by atoms with E-state index in [1.165, 1.54) is 11.1 Å². The molecule has 0 amide bonds. The van der Waals surface area contributed by atoms with Crippen molar-refractivity contribution in [1.82, 2.24) is 0 Å². The van der Waals surface area contributed by atoms with Gasteiger partial charge < -0.3 is 0 Å². The minimum Gasteiger partial charge on any atom is -0.289 e. The first-order chi connectivity index (χ1) is 17.2. The number of benzene rings is 2. The highest BCUT2D eigenvalue weighted by atomic mass is 16.1. The Balaban J connectivity index is 2.16. The van der Waals surface area contributed by atoms with E-state index in [0.29, 0.717) is 11.1 Å². The summed E-state index contributed by atoms with van der Waals surface area (Å²) < 4.78 is 0. The van der Waals surface area contributed by atoms with Gasteiger partial charge in [0.25, 0.3) is 0 Å². The van der Waals surface area contributed by atoms with Gasteiger partial charge >= 0.3 is 0 Å². The van der Waals surface area contributed by atoms with Crippen LogP contribution < -0.4 is 20.9 Å². The molecule has 0 atom stereocenters. The molecule has 0 aromatic heterocycles. The van der Waals surface area contributed by atoms with Crippen molar-refractivity contribution in [1.29, 1.82) is 0 Å². The summed E-state index contributed by atoms with van der Waals surface area (Å²) in [5, 5.41) is 3.96. The zero-order valence-corrected chi connectivity index (χ0v) is 25.4. The maximum atomic E-state index is 14.2. The maximum absolute atomic E-state index is 14.2. The molecule has 0 aliphatic heterocycles. The summed E-state index contributed by atoms with van der Waals surface area (Å²) in [6.07, 6.45) is 3.93. The standard InChI is InChI=1S/C36H44O2/c1-33(2,3)23-13-15-25-21(17-23)19-27(31(37)29(25)35(7,8)9)28-20-22-18-24(34(4,5)6)14-16-26(22)30(32(28)38)36(10,11)12/h13-20H,1-12H3. The Hall–Kier alpha value is -3.00. The molecule has 2 aliphatic carbocycles. The molecule has 0 radical (unpaired) electrons. The summed E-state index contributed by atoms with van der Waals surface area (Å²) in [4.78, 5) is 28.5. The lowest BCUT2D eigenvalue weighted by Crippen LogP contribution is -2.42. The molecule has 0 heterocycles. The molecule has 2 aromatic rings. The van der Waals surface area contributed by atoms with Crippen LogP contribution in [0, 0.1) is 10.8 Å². The zero-order valence-electron chi connectivity index (χ0n) is 25.4. The van der Waals surface area contributed by atoms with Crippen LogP contribution in [-0.2, 0) is 20.4 Å². The molecule has 0 saturated carbocycles. The van der Waals surface area contributed by atoms with E-state index in [9.17, 15) is 9.59 Å². The second-order valence-corrected chi connectivity index (χ2v) is 15.1. The fourth-order valence-electron chi connectivity index (χ4n) is 5.60. The summed E-state index contributed by atoms with van der Waals surface area (Å²) in [6.45, 7) is 25.7. The Morgan fingerprint density at radius 2 is 0.763 bits per heavy atom. The third kappa shape index (κ3) is 4.91. The Labute approximate surface area is 228 Å². The Kier molecular flexibility index (Phi) is 6.46. The Morgan fingerprint density at radius 3 is 1.03 bits per heavy atom. The van der Waals surface area contributed by atoms with Gasteiger partial charge in [-0.25, -0.2) is 0 Å². The van der Waals surface area contributed by atoms with Crippen molar-refractivity contribution in [3.05, 3.63) is 79.5 Å². The predicted molar refractivity (Wildman–Crippen MR) is 160 cm³/mol. The van der Waals surface area contributed by atoms with Crippen LogP contribution in [0.1, 0.15) is 94.2 Å². The third-order valence-electron chi connectivity index (χ3n) is 7.71. The summed E-state index contributed by atoms with van der Waals surface area (Å²) in [7, 11) is 0. The summed E-state index contributed by atoms with van der Waals surface area (Å²) in [5.74, 6) is -0.0893. The SMILES string of the molecule is CC(C)(C)C1=c2ccc(C(C)(C)C)cc2=CC(=C2C=c3cc(C(C)(C)C)ccc3=C(C(C)(C)C)C2=O)C1=O. The van der Waals surface area contributed by atoms with Gasteiger partial charge in [0.15, 0.2) is 11.6 Å². The normalized spacial score (nSPS) is 18.6. The molecule has 4 rings (SSSR count). The molecule has 2 aromatic carbocycles. The molecule has 2 heteroatoms. The zero-order chi connectivity index (χ0) is 28.6. The van der Waals surface area contributed by atoms with Gasteiger partial charge in [-0.3, -0.25) is 9.59 Å². The number of fused-ring (bicyclic) bond motifs is 2. The third-order valence-corrected chi connectivity index (χ3v) is 7.71. The van der Waals surface area contributed by atoms with Crippen molar-refractivity contribution in [3.63, 3.8) is 0 Å². The average Bonchev–Trinajstić information content (AvgIpc) is 2.74. The average molecular weight is 509 g/mol. The number of carbonyl (C=O) groups excluding carboxylic acids is 2. The highest BCUT2D eigenvalue weighted by molar-refractivity contribution is 6.38. The molecule has 200 valence electrons. The molecule has 0 N–H and O–H groups in total. The van der Waals surface area contributed by atoms with Crippen molar-refractivity contribution in [2.45, 2.75) is 93.9 Å². The Bertz CT molecular complexity index is 1520. The number of carbonyl (C=O) groups is 2. The van der Waals surface area contributed by atoms with Gasteiger partial charge in [-0.05, 0) is 65.8 Å². The lowest BCUT2D eigenvalue weighted by Gasteiger charge is -2.29. The Morgan fingerprint density at radius 1 is 0.447 bits per heavy atom. The fraction of sp³-hybridized carbons (Fsp3) is 0.444. The van der Waals surface area contributed by atoms with Crippen LogP contribution in [0.4, 0.5) is 0 Å². The van der Waals surface area contributed by atoms with Gasteiger partial charge in [-0.1, -0.05) is 119 Å². The van der Waals surface area contributed by atoms with E-state index in [1.54, 1.807) is 0 Å². The van der Waals surface area contributed by atoms with E-state index >= 15 is 0 Å². The number of Topliss-reactive ketones (excluding diaryl/α,β-unsaturated/α-hetero) is 2. The number of hydrogen-bond donors (Lipinski definition) is 0. The second kappa shape index (κ2) is 8.76. The van der Waals surface area contributed by atoms with Crippen LogP contribution in [-0.4, -0.2) is 11.6 Å². The smallest absolute Gasteiger partial charge is 0.190 e. The lowest BCUT2D eigenvalue weighted by atomic mass is 9.73. The molecule has 0 unspecified atom stereocenters. The van der Waals surface area contributed by atoms with Gasteiger partial charge in [0.2, 0.25) is 0 Å². The van der Waals surface area contributed by atoms with Gasteiger partial charge in [0, 0.05) is 22.3 Å². The molecule has 38 heavy (non-hydrogen) atoms. The van der Waals surface area contributed by atoms with Crippen molar-refractivity contribution in [2.24, 2.45) is 10.8 Å². The van der Waals surface area contributed by atoms with Crippen molar-refractivity contribution in [2.75, 3.05) is 0 Å². The molecule has 0 spiro atoms. The van der Waals surface area contributed by atoms with E-state index < -0.39 is 0 Å². The fourth-order valence-corrected chi connectivity index (χ4v) is 5.60. The molecular weight excluding hydrogens is 464 g/mol. The molecular formula is C36H44O2. The number of allylic oxidation sites excluding steroid dienone is 2. The molecule has 0 fully saturated rings. The monoisotopic (exact) mass is 508 g/mol. The van der Waals surface area contributed by atoms with Gasteiger partial charge in [0.1, 0.15) is 0 Å². The molecule has 2 aliphatic rings.